The number of likely N-dealkylation sites (tertiary alicyclic amines) is 1. The molecule has 2 N–H and O–H groups in total. The van der Waals surface area contributed by atoms with E-state index in [-0.39, 0.29) is 35.1 Å². The van der Waals surface area contributed by atoms with Crippen LogP contribution in [0.15, 0.2) is 30.6 Å². The predicted octanol–water partition coefficient (Wildman–Crippen LogP) is 5.84. The zero-order chi connectivity index (χ0) is 32.3. The van der Waals surface area contributed by atoms with Crippen LogP contribution in [0.5, 0.6) is 5.75 Å². The van der Waals surface area contributed by atoms with Gasteiger partial charge in [0.2, 0.25) is 17.7 Å². The summed E-state index contributed by atoms with van der Waals surface area (Å²) in [6.45, 7) is 11.6. The first-order chi connectivity index (χ1) is 20.8. The lowest BCUT2D eigenvalue weighted by atomic mass is 9.85. The van der Waals surface area contributed by atoms with Crippen LogP contribution < -0.4 is 15.4 Å². The molecular formula is C33H41ClFN5O4. The molecule has 3 amide bonds. The summed E-state index contributed by atoms with van der Waals surface area (Å²) in [7, 11) is 1.49. The van der Waals surface area contributed by atoms with Gasteiger partial charge in [-0.25, -0.2) is 14.4 Å². The number of nitrogens with zero attached hydrogens (tertiary/aromatic N) is 3. The Labute approximate surface area is 262 Å². The Kier molecular flexibility index (Phi) is 10.1. The minimum absolute atomic E-state index is 0.0688. The highest BCUT2D eigenvalue weighted by molar-refractivity contribution is 6.31. The molecule has 1 saturated heterocycles. The largest absolute Gasteiger partial charge is 0.494 e. The van der Waals surface area contributed by atoms with E-state index in [4.69, 9.17) is 16.3 Å². The quantitative estimate of drug-likeness (QED) is 0.309. The molecule has 44 heavy (non-hydrogen) atoms. The topological polar surface area (TPSA) is 114 Å². The molecule has 236 valence electrons. The van der Waals surface area contributed by atoms with Crippen LogP contribution in [0.4, 0.5) is 10.1 Å². The van der Waals surface area contributed by atoms with Gasteiger partial charge in [0, 0.05) is 30.3 Å². The van der Waals surface area contributed by atoms with Gasteiger partial charge in [-0.15, -0.1) is 0 Å². The zero-order valence-electron chi connectivity index (χ0n) is 26.4. The van der Waals surface area contributed by atoms with Gasteiger partial charge in [0.05, 0.1) is 29.0 Å². The molecule has 9 nitrogen and oxygen atoms in total. The molecule has 3 aromatic rings. The first-order valence-corrected chi connectivity index (χ1v) is 15.3. The average molecular weight is 626 g/mol. The number of nitrogens with one attached hydrogen (secondary N) is 2. The molecule has 0 saturated carbocycles. The lowest BCUT2D eigenvalue weighted by Crippen LogP contribution is -2.57. The summed E-state index contributed by atoms with van der Waals surface area (Å²) >= 11 is 6.15. The van der Waals surface area contributed by atoms with E-state index in [9.17, 15) is 18.8 Å². The molecule has 2 heterocycles. The number of fused-ring (bicyclic) bond motifs is 1. The van der Waals surface area contributed by atoms with Crippen LogP contribution in [-0.4, -0.2) is 58.3 Å². The van der Waals surface area contributed by atoms with Crippen molar-refractivity contribution in [1.29, 1.82) is 0 Å². The van der Waals surface area contributed by atoms with Gasteiger partial charge in [0.25, 0.3) is 0 Å². The summed E-state index contributed by atoms with van der Waals surface area (Å²) in [5.74, 6) is -1.20. The number of benzene rings is 2. The molecule has 11 heteroatoms. The van der Waals surface area contributed by atoms with Crippen molar-refractivity contribution < 1.29 is 23.5 Å². The summed E-state index contributed by atoms with van der Waals surface area (Å²) in [5, 5.41) is 6.57. The monoisotopic (exact) mass is 625 g/mol. The molecule has 1 fully saturated rings. The van der Waals surface area contributed by atoms with E-state index in [0.717, 1.165) is 0 Å². The van der Waals surface area contributed by atoms with E-state index in [1.54, 1.807) is 36.1 Å². The second-order valence-electron chi connectivity index (χ2n) is 12.5. The Balaban J connectivity index is 1.62. The number of carbonyl (C=O) groups excluding carboxylic acids is 3. The zero-order valence-corrected chi connectivity index (χ0v) is 27.1. The van der Waals surface area contributed by atoms with E-state index in [1.165, 1.54) is 13.4 Å². The number of anilines is 1. The van der Waals surface area contributed by atoms with Gasteiger partial charge < -0.3 is 20.3 Å². The highest BCUT2D eigenvalue weighted by atomic mass is 35.5. The van der Waals surface area contributed by atoms with Crippen molar-refractivity contribution >= 4 is 45.9 Å². The number of ether oxygens (including phenoxy) is 1. The smallest absolute Gasteiger partial charge is 0.247 e. The van der Waals surface area contributed by atoms with Gasteiger partial charge in [0.1, 0.15) is 30.0 Å². The Bertz CT molecular complexity index is 1570. The van der Waals surface area contributed by atoms with Gasteiger partial charge in [-0.05, 0) is 48.8 Å². The molecule has 4 rings (SSSR count). The maximum absolute atomic E-state index is 14.9. The van der Waals surface area contributed by atoms with Crippen LogP contribution in [0, 0.1) is 24.1 Å². The second kappa shape index (κ2) is 13.5. The van der Waals surface area contributed by atoms with Crippen molar-refractivity contribution in [3.05, 3.63) is 58.3 Å². The molecule has 2 aromatic carbocycles. The molecule has 0 unspecified atom stereocenters. The number of rotatable bonds is 9. The lowest BCUT2D eigenvalue weighted by Gasteiger charge is -2.36. The van der Waals surface area contributed by atoms with Gasteiger partial charge >= 0.3 is 0 Å². The van der Waals surface area contributed by atoms with Crippen molar-refractivity contribution in [3.63, 3.8) is 0 Å². The van der Waals surface area contributed by atoms with Crippen LogP contribution in [0.3, 0.4) is 0 Å². The van der Waals surface area contributed by atoms with E-state index in [2.05, 4.69) is 20.6 Å². The summed E-state index contributed by atoms with van der Waals surface area (Å²) in [4.78, 5) is 50.7. The molecule has 3 atom stereocenters. The number of aromatic nitrogens is 2. The van der Waals surface area contributed by atoms with E-state index in [0.29, 0.717) is 65.0 Å². The number of hydrogen-bond acceptors (Lipinski definition) is 6. The van der Waals surface area contributed by atoms with Crippen molar-refractivity contribution in [3.8, 4) is 5.75 Å². The Hall–Kier alpha value is -3.79. The van der Waals surface area contributed by atoms with Crippen molar-refractivity contribution in [1.82, 2.24) is 20.2 Å². The summed E-state index contributed by atoms with van der Waals surface area (Å²) in [6, 6.07) is 5.31. The maximum atomic E-state index is 14.9. The molecule has 1 aromatic heterocycles. The summed E-state index contributed by atoms with van der Waals surface area (Å²) in [5.41, 5.74) is 1.95. The van der Waals surface area contributed by atoms with Crippen molar-refractivity contribution in [2.75, 3.05) is 19.0 Å². The third kappa shape index (κ3) is 6.96. The second-order valence-corrected chi connectivity index (χ2v) is 12.9. The minimum Gasteiger partial charge on any atom is -0.494 e. The van der Waals surface area contributed by atoms with E-state index < -0.39 is 23.3 Å². The normalized spacial score (nSPS) is 16.5. The minimum atomic E-state index is -0.789. The predicted molar refractivity (Wildman–Crippen MR) is 169 cm³/mol. The first kappa shape index (κ1) is 33.1. The molecule has 0 aliphatic carbocycles. The van der Waals surface area contributed by atoms with Gasteiger partial charge in [-0.3, -0.25) is 14.4 Å². The fraction of sp³-hybridized carbons (Fsp3) is 0.485. The lowest BCUT2D eigenvalue weighted by molar-refractivity contribution is -0.143. The summed E-state index contributed by atoms with van der Waals surface area (Å²) in [6.07, 6.45) is 3.34. The number of halogens is 2. The SMILES string of the molecule is CC[C@@H](C)C(=O)N[C@H](C(=O)N1CCC[C@H]1C(=O)Nc1cc2c(Cc3ccc(C)c(Cl)c3F)ncnc2cc1OC)C(C)(C)C. The van der Waals surface area contributed by atoms with E-state index >= 15 is 0 Å². The van der Waals surface area contributed by atoms with Crippen molar-refractivity contribution in [2.45, 2.75) is 79.3 Å². The Morgan fingerprint density at radius 1 is 1.20 bits per heavy atom. The third-order valence-corrected chi connectivity index (χ3v) is 8.77. The van der Waals surface area contributed by atoms with Gasteiger partial charge in [-0.2, -0.15) is 0 Å². The Morgan fingerprint density at radius 2 is 1.93 bits per heavy atom. The third-order valence-electron chi connectivity index (χ3n) is 8.31. The first-order valence-electron chi connectivity index (χ1n) is 14.9. The Morgan fingerprint density at radius 3 is 2.59 bits per heavy atom. The molecule has 0 radical (unpaired) electrons. The molecule has 0 bridgehead atoms. The van der Waals surface area contributed by atoms with Crippen LogP contribution in [0.1, 0.15) is 70.7 Å². The molecule has 0 spiro atoms. The maximum Gasteiger partial charge on any atom is 0.247 e. The van der Waals surface area contributed by atoms with Crippen LogP contribution in [0.2, 0.25) is 5.02 Å². The number of amides is 3. The molecular weight excluding hydrogens is 585 g/mol. The highest BCUT2D eigenvalue weighted by Gasteiger charge is 2.42. The molecule has 1 aliphatic heterocycles. The summed E-state index contributed by atoms with van der Waals surface area (Å²) < 4.78 is 20.5. The number of hydrogen-bond donors (Lipinski definition) is 2. The number of aryl methyl sites for hydroxylation is 1. The number of carbonyl (C=O) groups is 3. The number of methoxy groups -OCH3 is 1. The van der Waals surface area contributed by atoms with Gasteiger partial charge in [0.15, 0.2) is 0 Å². The van der Waals surface area contributed by atoms with Crippen molar-refractivity contribution in [2.24, 2.45) is 11.3 Å². The van der Waals surface area contributed by atoms with E-state index in [1.807, 2.05) is 34.6 Å². The standard InChI is InChI=1S/C33H41ClFN5O4/c1-8-18(2)30(41)39-29(33(4,5)6)32(43)40-13-9-10-25(40)31(42)38-24-15-21-22(36-17-37-23(21)16-26(24)44-7)14-20-12-11-19(3)27(34)28(20)35/h11-12,15-18,25,29H,8-10,13-14H2,1-7H3,(H,38,42)(H,39,41)/t18-,25+,29-/m1/s1. The average Bonchev–Trinajstić information content (AvgIpc) is 3.49. The highest BCUT2D eigenvalue weighted by Crippen LogP contribution is 2.33. The van der Waals surface area contributed by atoms with Crippen LogP contribution in [0.25, 0.3) is 10.9 Å². The fourth-order valence-corrected chi connectivity index (χ4v) is 5.54. The molecule has 1 aliphatic rings. The van der Waals surface area contributed by atoms with Crippen LogP contribution >= 0.6 is 11.6 Å². The fourth-order valence-electron chi connectivity index (χ4n) is 5.35. The van der Waals surface area contributed by atoms with Gasteiger partial charge in [-0.1, -0.05) is 58.4 Å². The van der Waals surface area contributed by atoms with Crippen LogP contribution in [-0.2, 0) is 20.8 Å².